The Bertz CT molecular complexity index is 754. The number of primary amides is 1. The van der Waals surface area contributed by atoms with E-state index in [9.17, 15) is 4.79 Å². The number of hydrogen-bond donors (Lipinski definition) is 1. The number of carbonyl (C=O) groups excluding carboxylic acids is 1. The highest BCUT2D eigenvalue weighted by Crippen LogP contribution is 2.22. The maximum absolute atomic E-state index is 11.4. The van der Waals surface area contributed by atoms with E-state index in [2.05, 4.69) is 9.97 Å². The molecule has 4 heteroatoms. The Hall–Kier alpha value is -2.75. The van der Waals surface area contributed by atoms with E-state index in [1.54, 1.807) is 24.5 Å². The Morgan fingerprint density at radius 2 is 1.95 bits per heavy atom. The Balaban J connectivity index is 2.25. The molecule has 92 valence electrons. The largest absolute Gasteiger partial charge is 0.366 e. The molecule has 1 amide bonds. The number of hydrogen-bond acceptors (Lipinski definition) is 3. The van der Waals surface area contributed by atoms with Crippen LogP contribution in [0.15, 0.2) is 54.9 Å². The maximum atomic E-state index is 11.4. The van der Waals surface area contributed by atoms with Crippen molar-refractivity contribution in [1.82, 2.24) is 9.97 Å². The molecule has 0 saturated carbocycles. The lowest BCUT2D eigenvalue weighted by atomic mass is 10.1. The second-order valence-corrected chi connectivity index (χ2v) is 4.18. The van der Waals surface area contributed by atoms with Crippen LogP contribution in [0, 0.1) is 0 Å². The van der Waals surface area contributed by atoms with Crippen LogP contribution in [0.3, 0.4) is 0 Å². The number of para-hydroxylation sites is 1. The molecule has 0 aliphatic heterocycles. The summed E-state index contributed by atoms with van der Waals surface area (Å²) in [5.74, 6) is -0.471. The quantitative estimate of drug-likeness (QED) is 0.758. The van der Waals surface area contributed by atoms with Crippen LogP contribution < -0.4 is 5.73 Å². The molecule has 0 saturated heterocycles. The van der Waals surface area contributed by atoms with Gasteiger partial charge in [0.2, 0.25) is 0 Å². The van der Waals surface area contributed by atoms with Gasteiger partial charge in [-0.25, -0.2) is 4.98 Å². The third-order valence-electron chi connectivity index (χ3n) is 2.94. The van der Waals surface area contributed by atoms with Gasteiger partial charge >= 0.3 is 0 Å². The molecule has 3 rings (SSSR count). The van der Waals surface area contributed by atoms with Gasteiger partial charge in [0.25, 0.3) is 5.91 Å². The van der Waals surface area contributed by atoms with Crippen LogP contribution in [0.5, 0.6) is 0 Å². The predicted octanol–water partition coefficient (Wildman–Crippen LogP) is 2.40. The molecule has 0 fully saturated rings. The van der Waals surface area contributed by atoms with Crippen molar-refractivity contribution < 1.29 is 4.79 Å². The van der Waals surface area contributed by atoms with Crippen LogP contribution in [-0.2, 0) is 0 Å². The number of nitrogens with two attached hydrogens (primary N) is 1. The lowest BCUT2D eigenvalue weighted by molar-refractivity contribution is 0.100. The van der Waals surface area contributed by atoms with E-state index >= 15 is 0 Å². The Morgan fingerprint density at radius 3 is 2.68 bits per heavy atom. The third-order valence-corrected chi connectivity index (χ3v) is 2.94. The summed E-state index contributed by atoms with van der Waals surface area (Å²) < 4.78 is 0. The fourth-order valence-corrected chi connectivity index (χ4v) is 2.02. The number of carbonyl (C=O) groups is 1. The lowest BCUT2D eigenvalue weighted by Gasteiger charge is -2.05. The van der Waals surface area contributed by atoms with Gasteiger partial charge in [-0.2, -0.15) is 0 Å². The number of benzene rings is 1. The summed E-state index contributed by atoms with van der Waals surface area (Å²) in [7, 11) is 0. The van der Waals surface area contributed by atoms with Crippen molar-refractivity contribution in [2.75, 3.05) is 0 Å². The zero-order valence-corrected chi connectivity index (χ0v) is 10.1. The maximum Gasteiger partial charge on any atom is 0.250 e. The molecule has 0 atom stereocenters. The van der Waals surface area contributed by atoms with Crippen molar-refractivity contribution in [2.24, 2.45) is 5.73 Å². The van der Waals surface area contributed by atoms with Crippen LogP contribution in [0.25, 0.3) is 22.2 Å². The average Bonchev–Trinajstić information content (AvgIpc) is 2.47. The van der Waals surface area contributed by atoms with Crippen LogP contribution in [0.4, 0.5) is 0 Å². The second-order valence-electron chi connectivity index (χ2n) is 4.18. The molecule has 19 heavy (non-hydrogen) atoms. The molecule has 0 radical (unpaired) electrons. The smallest absolute Gasteiger partial charge is 0.250 e. The van der Waals surface area contributed by atoms with Gasteiger partial charge in [0.15, 0.2) is 0 Å². The number of pyridine rings is 2. The van der Waals surface area contributed by atoms with Crippen molar-refractivity contribution in [3.05, 3.63) is 60.4 Å². The molecule has 4 nitrogen and oxygen atoms in total. The fraction of sp³-hybridized carbons (Fsp3) is 0. The van der Waals surface area contributed by atoms with Crippen molar-refractivity contribution in [1.29, 1.82) is 0 Å². The van der Waals surface area contributed by atoms with Crippen LogP contribution in [0.2, 0.25) is 0 Å². The molecule has 0 aliphatic carbocycles. The van der Waals surface area contributed by atoms with Gasteiger partial charge < -0.3 is 5.73 Å². The van der Waals surface area contributed by atoms with E-state index in [0.717, 1.165) is 16.6 Å². The summed E-state index contributed by atoms with van der Waals surface area (Å²) in [4.78, 5) is 20.0. The first-order valence-corrected chi connectivity index (χ1v) is 5.86. The number of aromatic nitrogens is 2. The molecule has 3 aromatic rings. The second kappa shape index (κ2) is 4.49. The van der Waals surface area contributed by atoms with E-state index in [1.807, 2.05) is 30.3 Å². The molecule has 0 aliphatic rings. The van der Waals surface area contributed by atoms with Gasteiger partial charge in [0.05, 0.1) is 16.8 Å². The number of fused-ring (bicyclic) bond motifs is 1. The summed E-state index contributed by atoms with van der Waals surface area (Å²) in [6, 6.07) is 13.0. The van der Waals surface area contributed by atoms with E-state index in [0.29, 0.717) is 11.1 Å². The molecule has 0 unspecified atom stereocenters. The minimum atomic E-state index is -0.471. The fourth-order valence-electron chi connectivity index (χ4n) is 2.02. The Labute approximate surface area is 109 Å². The van der Waals surface area contributed by atoms with E-state index in [1.165, 1.54) is 0 Å². The van der Waals surface area contributed by atoms with E-state index < -0.39 is 5.91 Å². The SMILES string of the molecule is NC(=O)c1cccc2ccc(-c3cccnc3)nc12. The minimum Gasteiger partial charge on any atom is -0.366 e. The summed E-state index contributed by atoms with van der Waals surface area (Å²) in [5.41, 5.74) is 8.11. The highest BCUT2D eigenvalue weighted by molar-refractivity contribution is 6.05. The van der Waals surface area contributed by atoms with Gasteiger partial charge in [0.1, 0.15) is 0 Å². The molecular weight excluding hydrogens is 238 g/mol. The Morgan fingerprint density at radius 1 is 1.05 bits per heavy atom. The van der Waals surface area contributed by atoms with Gasteiger partial charge in [0, 0.05) is 23.3 Å². The normalized spacial score (nSPS) is 10.5. The number of nitrogens with zero attached hydrogens (tertiary/aromatic N) is 2. The topological polar surface area (TPSA) is 68.9 Å². The first-order chi connectivity index (χ1) is 9.25. The van der Waals surface area contributed by atoms with E-state index in [4.69, 9.17) is 5.73 Å². The zero-order valence-electron chi connectivity index (χ0n) is 10.1. The molecule has 2 N–H and O–H groups in total. The molecular formula is C15H11N3O. The molecule has 0 bridgehead atoms. The molecule has 0 spiro atoms. The monoisotopic (exact) mass is 249 g/mol. The Kier molecular flexibility index (Phi) is 2.68. The van der Waals surface area contributed by atoms with Gasteiger partial charge in [-0.15, -0.1) is 0 Å². The first-order valence-electron chi connectivity index (χ1n) is 5.86. The average molecular weight is 249 g/mol. The van der Waals surface area contributed by atoms with Crippen LogP contribution in [-0.4, -0.2) is 15.9 Å². The number of amides is 1. The number of rotatable bonds is 2. The highest BCUT2D eigenvalue weighted by Gasteiger charge is 2.09. The summed E-state index contributed by atoms with van der Waals surface area (Å²) >= 11 is 0. The third kappa shape index (κ3) is 2.04. The van der Waals surface area contributed by atoms with Gasteiger partial charge in [-0.05, 0) is 24.3 Å². The summed E-state index contributed by atoms with van der Waals surface area (Å²) in [5, 5.41) is 0.893. The summed E-state index contributed by atoms with van der Waals surface area (Å²) in [6.07, 6.45) is 3.44. The highest BCUT2D eigenvalue weighted by atomic mass is 16.1. The van der Waals surface area contributed by atoms with Crippen molar-refractivity contribution in [2.45, 2.75) is 0 Å². The molecule has 2 aromatic heterocycles. The standard InChI is InChI=1S/C15H11N3O/c16-15(19)12-5-1-3-10-6-7-13(18-14(10)12)11-4-2-8-17-9-11/h1-9H,(H2,16,19). The lowest BCUT2D eigenvalue weighted by Crippen LogP contribution is -2.11. The van der Waals surface area contributed by atoms with Gasteiger partial charge in [-0.1, -0.05) is 18.2 Å². The molecule has 2 heterocycles. The van der Waals surface area contributed by atoms with E-state index in [-0.39, 0.29) is 0 Å². The summed E-state index contributed by atoms with van der Waals surface area (Å²) in [6.45, 7) is 0. The predicted molar refractivity (Wildman–Crippen MR) is 73.5 cm³/mol. The first kappa shape index (κ1) is 11.3. The van der Waals surface area contributed by atoms with Crippen molar-refractivity contribution >= 4 is 16.8 Å². The van der Waals surface area contributed by atoms with Crippen LogP contribution in [0.1, 0.15) is 10.4 Å². The van der Waals surface area contributed by atoms with Crippen molar-refractivity contribution in [3.63, 3.8) is 0 Å². The minimum absolute atomic E-state index is 0.434. The van der Waals surface area contributed by atoms with Crippen LogP contribution >= 0.6 is 0 Å². The zero-order chi connectivity index (χ0) is 13.2. The van der Waals surface area contributed by atoms with Gasteiger partial charge in [-0.3, -0.25) is 9.78 Å². The molecule has 1 aromatic carbocycles. The van der Waals surface area contributed by atoms with Crippen molar-refractivity contribution in [3.8, 4) is 11.3 Å².